The predicted octanol–water partition coefficient (Wildman–Crippen LogP) is -0.261. The third-order valence-corrected chi connectivity index (χ3v) is 0. The van der Waals surface area contributed by atoms with Crippen LogP contribution in [0.2, 0.25) is 0 Å². The normalized spacial score (nSPS) is 9.67. The third-order valence-electron chi connectivity index (χ3n) is 0. The van der Waals surface area contributed by atoms with Crippen molar-refractivity contribution in [1.29, 1.82) is 0 Å². The fourth-order valence-corrected chi connectivity index (χ4v) is 0. The Bertz CT molecular complexity index is 94.0. The quantitative estimate of drug-likeness (QED) is 0.477. The molecule has 40 valence electrons. The molecular formula is CH4BrO3S-. The van der Waals surface area contributed by atoms with Crippen molar-refractivity contribution >= 4 is 27.1 Å². The molecule has 0 aliphatic carbocycles. The van der Waals surface area contributed by atoms with E-state index < -0.39 is 10.1 Å². The van der Waals surface area contributed by atoms with Crippen LogP contribution < -0.4 is 0 Å². The lowest BCUT2D eigenvalue weighted by Gasteiger charge is -1.90. The van der Waals surface area contributed by atoms with Crippen molar-refractivity contribution in [3.63, 3.8) is 0 Å². The van der Waals surface area contributed by atoms with E-state index in [9.17, 15) is 0 Å². The highest BCUT2D eigenvalue weighted by atomic mass is 79.9. The second-order valence-electron chi connectivity index (χ2n) is 0.704. The molecule has 0 bridgehead atoms. The Morgan fingerprint density at radius 3 is 1.50 bits per heavy atom. The second-order valence-corrected chi connectivity index (χ2v) is 2.11. The van der Waals surface area contributed by atoms with Crippen molar-refractivity contribution in [3.8, 4) is 0 Å². The molecule has 0 unspecified atom stereocenters. The Balaban J connectivity index is 0. The fourth-order valence-electron chi connectivity index (χ4n) is 0. The van der Waals surface area contributed by atoms with E-state index in [2.05, 4.69) is 0 Å². The number of hydrogen-bond acceptors (Lipinski definition) is 3. The summed E-state index contributed by atoms with van der Waals surface area (Å²) in [6.07, 6.45) is 0.604. The van der Waals surface area contributed by atoms with Crippen molar-refractivity contribution in [2.45, 2.75) is 0 Å². The van der Waals surface area contributed by atoms with Gasteiger partial charge in [0, 0.05) is 6.26 Å². The van der Waals surface area contributed by atoms with E-state index in [1.807, 2.05) is 0 Å². The molecule has 0 aromatic carbocycles. The van der Waals surface area contributed by atoms with Crippen molar-refractivity contribution in [2.75, 3.05) is 6.26 Å². The van der Waals surface area contributed by atoms with Crippen molar-refractivity contribution < 1.29 is 13.0 Å². The molecule has 0 fully saturated rings. The maximum atomic E-state index is 9.08. The van der Waals surface area contributed by atoms with Gasteiger partial charge in [0.1, 0.15) is 0 Å². The maximum absolute atomic E-state index is 9.08. The minimum absolute atomic E-state index is 0. The van der Waals surface area contributed by atoms with Crippen LogP contribution in [-0.4, -0.2) is 19.2 Å². The first-order valence-corrected chi connectivity index (χ1v) is 2.72. The monoisotopic (exact) mass is 175 g/mol. The lowest BCUT2D eigenvalue weighted by atomic mass is 12.0. The first-order valence-electron chi connectivity index (χ1n) is 0.908. The highest BCUT2D eigenvalue weighted by Gasteiger charge is 1.65. The van der Waals surface area contributed by atoms with Crippen LogP contribution in [0.1, 0.15) is 0 Å². The van der Waals surface area contributed by atoms with E-state index in [1.165, 1.54) is 0 Å². The average Bonchev–Trinajstić information content (AvgIpc) is 0.722. The summed E-state index contributed by atoms with van der Waals surface area (Å²) in [5.41, 5.74) is 0. The second kappa shape index (κ2) is 2.54. The minimum atomic E-state index is -3.92. The standard InChI is InChI=1S/CH4O3S.BrH/c1-5(2,3)4;/h1H3,(H,2,3,4);1H/p-1. The molecular weight excluding hydrogens is 172 g/mol. The summed E-state index contributed by atoms with van der Waals surface area (Å²) in [5, 5.41) is 0. The average molecular weight is 176 g/mol. The lowest BCUT2D eigenvalue weighted by molar-refractivity contribution is 0.470. The summed E-state index contributed by atoms with van der Waals surface area (Å²) in [5.74, 6) is 0. The van der Waals surface area contributed by atoms with Gasteiger partial charge >= 0.3 is 0 Å². The first-order chi connectivity index (χ1) is 2.00. The Hall–Kier alpha value is 0.390. The summed E-state index contributed by atoms with van der Waals surface area (Å²) < 4.78 is 27.2. The van der Waals surface area contributed by atoms with Gasteiger partial charge in [0.25, 0.3) is 0 Å². The van der Waals surface area contributed by atoms with Crippen LogP contribution in [0, 0.1) is 0 Å². The third kappa shape index (κ3) is 332. The smallest absolute Gasteiger partial charge is 0.0916 e. The van der Waals surface area contributed by atoms with Crippen LogP contribution in [0.15, 0.2) is 0 Å². The largest absolute Gasteiger partial charge is 0.748 e. The van der Waals surface area contributed by atoms with Gasteiger partial charge in [0.2, 0.25) is 0 Å². The van der Waals surface area contributed by atoms with Gasteiger partial charge in [-0.2, -0.15) is 0 Å². The molecule has 0 saturated heterocycles. The molecule has 0 N–H and O–H groups in total. The van der Waals surface area contributed by atoms with Crippen LogP contribution >= 0.6 is 17.0 Å². The van der Waals surface area contributed by atoms with Crippen LogP contribution in [0.5, 0.6) is 0 Å². The van der Waals surface area contributed by atoms with Gasteiger partial charge < -0.3 is 4.55 Å². The van der Waals surface area contributed by atoms with E-state index in [4.69, 9.17) is 13.0 Å². The summed E-state index contributed by atoms with van der Waals surface area (Å²) >= 11 is 0. The van der Waals surface area contributed by atoms with Gasteiger partial charge in [0.15, 0.2) is 0 Å². The molecule has 0 aromatic heterocycles. The molecule has 0 rings (SSSR count). The van der Waals surface area contributed by atoms with Crippen LogP contribution in [-0.2, 0) is 10.1 Å². The summed E-state index contributed by atoms with van der Waals surface area (Å²) in [6.45, 7) is 0. The van der Waals surface area contributed by atoms with E-state index in [1.54, 1.807) is 0 Å². The SMILES string of the molecule is Br.CS(=O)(=O)[O-]. The van der Waals surface area contributed by atoms with E-state index in [-0.39, 0.29) is 17.0 Å². The van der Waals surface area contributed by atoms with Crippen molar-refractivity contribution in [2.24, 2.45) is 0 Å². The molecule has 0 spiro atoms. The molecule has 0 radical (unpaired) electrons. The highest BCUT2D eigenvalue weighted by Crippen LogP contribution is 1.59. The molecule has 3 nitrogen and oxygen atoms in total. The Kier molecular flexibility index (Phi) is 4.08. The van der Waals surface area contributed by atoms with Crippen LogP contribution in [0.3, 0.4) is 0 Å². The van der Waals surface area contributed by atoms with E-state index in [0.29, 0.717) is 6.26 Å². The molecule has 0 atom stereocenters. The summed E-state index contributed by atoms with van der Waals surface area (Å²) in [6, 6.07) is 0. The van der Waals surface area contributed by atoms with E-state index >= 15 is 0 Å². The molecule has 6 heavy (non-hydrogen) atoms. The summed E-state index contributed by atoms with van der Waals surface area (Å²) in [4.78, 5) is 0. The van der Waals surface area contributed by atoms with E-state index in [0.717, 1.165) is 0 Å². The van der Waals surface area contributed by atoms with Gasteiger partial charge in [-0.1, -0.05) is 0 Å². The Morgan fingerprint density at radius 1 is 1.50 bits per heavy atom. The number of rotatable bonds is 0. The first kappa shape index (κ1) is 9.63. The van der Waals surface area contributed by atoms with Gasteiger partial charge in [-0.05, 0) is 0 Å². The molecule has 0 aliphatic heterocycles. The molecule has 0 heterocycles. The Morgan fingerprint density at radius 2 is 1.50 bits per heavy atom. The van der Waals surface area contributed by atoms with Crippen molar-refractivity contribution in [1.82, 2.24) is 0 Å². The number of hydrogen-bond donors (Lipinski definition) is 0. The van der Waals surface area contributed by atoms with Gasteiger partial charge in [-0.3, -0.25) is 0 Å². The highest BCUT2D eigenvalue weighted by molar-refractivity contribution is 8.93. The van der Waals surface area contributed by atoms with Crippen molar-refractivity contribution in [3.05, 3.63) is 0 Å². The van der Waals surface area contributed by atoms with Gasteiger partial charge in [-0.15, -0.1) is 17.0 Å². The molecule has 0 aliphatic rings. The molecule has 0 aromatic rings. The molecule has 0 amide bonds. The minimum Gasteiger partial charge on any atom is -0.748 e. The van der Waals surface area contributed by atoms with Gasteiger partial charge in [-0.25, -0.2) is 8.42 Å². The Labute approximate surface area is 46.9 Å². The zero-order valence-corrected chi connectivity index (χ0v) is 5.57. The number of halogens is 1. The van der Waals surface area contributed by atoms with Crippen LogP contribution in [0.4, 0.5) is 0 Å². The maximum Gasteiger partial charge on any atom is 0.0916 e. The molecule has 0 saturated carbocycles. The molecule has 5 heteroatoms. The zero-order valence-electron chi connectivity index (χ0n) is 3.04. The van der Waals surface area contributed by atoms with Crippen LogP contribution in [0.25, 0.3) is 0 Å². The fraction of sp³-hybridized carbons (Fsp3) is 1.00. The predicted molar refractivity (Wildman–Crippen MR) is 25.9 cm³/mol. The van der Waals surface area contributed by atoms with Gasteiger partial charge in [0.05, 0.1) is 10.1 Å². The summed E-state index contributed by atoms with van der Waals surface area (Å²) in [7, 11) is -3.92. The lowest BCUT2D eigenvalue weighted by Crippen LogP contribution is -1.88. The zero-order chi connectivity index (χ0) is 4.50. The topological polar surface area (TPSA) is 57.2 Å².